The van der Waals surface area contributed by atoms with Gasteiger partial charge in [0.15, 0.2) is 0 Å². The van der Waals surface area contributed by atoms with E-state index in [4.69, 9.17) is 0 Å². The second-order valence-corrected chi connectivity index (χ2v) is 6.76. The molecule has 0 atom stereocenters. The van der Waals surface area contributed by atoms with E-state index in [0.29, 0.717) is 0 Å². The fraction of sp³-hybridized carbons (Fsp3) is 0.667. The van der Waals surface area contributed by atoms with Crippen LogP contribution < -0.4 is 10.6 Å². The lowest BCUT2D eigenvalue weighted by Gasteiger charge is -2.26. The van der Waals surface area contributed by atoms with Crippen molar-refractivity contribution in [2.45, 2.75) is 47.1 Å². The van der Waals surface area contributed by atoms with E-state index in [1.807, 2.05) is 0 Å². The third-order valence-electron chi connectivity index (χ3n) is 4.60. The molecule has 2 heteroatoms. The summed E-state index contributed by atoms with van der Waals surface area (Å²) in [5.74, 6) is 2.25. The molecule has 1 aromatic rings. The van der Waals surface area contributed by atoms with Crippen LogP contribution in [0.25, 0.3) is 0 Å². The summed E-state index contributed by atoms with van der Waals surface area (Å²) in [6, 6.07) is 6.66. The van der Waals surface area contributed by atoms with E-state index in [2.05, 4.69) is 56.5 Å². The Morgan fingerprint density at radius 1 is 1.15 bits per heavy atom. The molecule has 0 bridgehead atoms. The molecule has 0 unspecified atom stereocenters. The van der Waals surface area contributed by atoms with Gasteiger partial charge in [0.1, 0.15) is 0 Å². The van der Waals surface area contributed by atoms with Gasteiger partial charge in [-0.3, -0.25) is 0 Å². The minimum absolute atomic E-state index is 0.744. The van der Waals surface area contributed by atoms with Crippen LogP contribution in [0.4, 0.5) is 5.69 Å². The number of hydrogen-bond acceptors (Lipinski definition) is 2. The van der Waals surface area contributed by atoms with E-state index >= 15 is 0 Å². The molecule has 0 saturated carbocycles. The van der Waals surface area contributed by atoms with E-state index in [9.17, 15) is 0 Å². The second-order valence-electron chi connectivity index (χ2n) is 6.76. The third kappa shape index (κ3) is 3.76. The quantitative estimate of drug-likeness (QED) is 0.817. The summed E-state index contributed by atoms with van der Waals surface area (Å²) in [5.41, 5.74) is 4.35. The number of hydrogen-bond donors (Lipinski definition) is 2. The van der Waals surface area contributed by atoms with Crippen molar-refractivity contribution in [1.29, 1.82) is 0 Å². The molecule has 20 heavy (non-hydrogen) atoms. The standard InChI is InChI=1S/C18H30N2/c1-13(2)17(14(3)4)12-19-11-15-7-5-9-18-16(15)8-6-10-20-18/h5,7,9,13-14,17,19-20H,6,8,10-12H2,1-4H3. The highest BCUT2D eigenvalue weighted by atomic mass is 14.9. The van der Waals surface area contributed by atoms with Crippen LogP contribution in [0.1, 0.15) is 45.2 Å². The first-order chi connectivity index (χ1) is 9.59. The first-order valence-electron chi connectivity index (χ1n) is 8.15. The molecule has 1 aromatic carbocycles. The monoisotopic (exact) mass is 274 g/mol. The minimum Gasteiger partial charge on any atom is -0.385 e. The Bertz CT molecular complexity index is 415. The molecule has 1 heterocycles. The Balaban J connectivity index is 1.94. The molecule has 0 aliphatic carbocycles. The lowest BCUT2D eigenvalue weighted by atomic mass is 9.85. The van der Waals surface area contributed by atoms with E-state index < -0.39 is 0 Å². The largest absolute Gasteiger partial charge is 0.385 e. The molecule has 2 N–H and O–H groups in total. The van der Waals surface area contributed by atoms with Gasteiger partial charge in [-0.25, -0.2) is 0 Å². The number of rotatable bonds is 6. The van der Waals surface area contributed by atoms with Crippen molar-refractivity contribution >= 4 is 5.69 Å². The molecule has 2 rings (SSSR count). The molecule has 2 nitrogen and oxygen atoms in total. The van der Waals surface area contributed by atoms with Crippen molar-refractivity contribution in [2.75, 3.05) is 18.4 Å². The summed E-state index contributed by atoms with van der Waals surface area (Å²) >= 11 is 0. The fourth-order valence-electron chi connectivity index (χ4n) is 3.36. The second kappa shape index (κ2) is 7.12. The van der Waals surface area contributed by atoms with Crippen LogP contribution in [0.2, 0.25) is 0 Å². The SMILES string of the molecule is CC(C)C(CNCc1cccc2c1CCCN2)C(C)C. The molecular weight excluding hydrogens is 244 g/mol. The molecule has 0 radical (unpaired) electrons. The zero-order chi connectivity index (χ0) is 14.5. The fourth-order valence-corrected chi connectivity index (χ4v) is 3.36. The highest BCUT2D eigenvalue weighted by molar-refractivity contribution is 5.56. The average molecular weight is 274 g/mol. The molecular formula is C18H30N2. The predicted octanol–water partition coefficient (Wildman–Crippen LogP) is 4.06. The lowest BCUT2D eigenvalue weighted by molar-refractivity contribution is 0.275. The van der Waals surface area contributed by atoms with Crippen molar-refractivity contribution in [2.24, 2.45) is 17.8 Å². The Morgan fingerprint density at radius 3 is 2.60 bits per heavy atom. The van der Waals surface area contributed by atoms with Gasteiger partial charge in [-0.15, -0.1) is 0 Å². The zero-order valence-electron chi connectivity index (χ0n) is 13.5. The first kappa shape index (κ1) is 15.4. The maximum absolute atomic E-state index is 3.69. The van der Waals surface area contributed by atoms with Crippen LogP contribution in [-0.2, 0) is 13.0 Å². The summed E-state index contributed by atoms with van der Waals surface area (Å²) in [7, 11) is 0. The smallest absolute Gasteiger partial charge is 0.0375 e. The lowest BCUT2D eigenvalue weighted by Crippen LogP contribution is -2.30. The minimum atomic E-state index is 0.744. The maximum atomic E-state index is 3.69. The highest BCUT2D eigenvalue weighted by Gasteiger charge is 2.17. The molecule has 1 aliphatic heterocycles. The van der Waals surface area contributed by atoms with Gasteiger partial charge >= 0.3 is 0 Å². The molecule has 0 saturated heterocycles. The van der Waals surface area contributed by atoms with Gasteiger partial charge in [-0.1, -0.05) is 39.8 Å². The van der Waals surface area contributed by atoms with Crippen molar-refractivity contribution in [3.8, 4) is 0 Å². The van der Waals surface area contributed by atoms with E-state index in [0.717, 1.165) is 37.4 Å². The van der Waals surface area contributed by atoms with Crippen LogP contribution in [0, 0.1) is 17.8 Å². The van der Waals surface area contributed by atoms with Crippen LogP contribution >= 0.6 is 0 Å². The van der Waals surface area contributed by atoms with Crippen LogP contribution in [0.3, 0.4) is 0 Å². The molecule has 0 amide bonds. The summed E-state index contributed by atoms with van der Waals surface area (Å²) in [6.45, 7) is 12.6. The van der Waals surface area contributed by atoms with Gasteiger partial charge in [0.25, 0.3) is 0 Å². The summed E-state index contributed by atoms with van der Waals surface area (Å²) in [5, 5.41) is 7.20. The van der Waals surface area contributed by atoms with Crippen molar-refractivity contribution in [3.63, 3.8) is 0 Å². The normalized spacial score (nSPS) is 14.8. The Hall–Kier alpha value is -1.02. The van der Waals surface area contributed by atoms with Crippen molar-refractivity contribution in [3.05, 3.63) is 29.3 Å². The highest BCUT2D eigenvalue weighted by Crippen LogP contribution is 2.25. The van der Waals surface area contributed by atoms with Gasteiger partial charge in [0.2, 0.25) is 0 Å². The van der Waals surface area contributed by atoms with Gasteiger partial charge < -0.3 is 10.6 Å². The van der Waals surface area contributed by atoms with Crippen LogP contribution in [0.5, 0.6) is 0 Å². The predicted molar refractivity (Wildman–Crippen MR) is 88.1 cm³/mol. The number of nitrogens with one attached hydrogen (secondary N) is 2. The summed E-state index contributed by atoms with van der Waals surface area (Å²) < 4.78 is 0. The van der Waals surface area contributed by atoms with E-state index in [-0.39, 0.29) is 0 Å². The van der Waals surface area contributed by atoms with Gasteiger partial charge in [-0.05, 0) is 54.3 Å². The van der Waals surface area contributed by atoms with Gasteiger partial charge in [-0.2, -0.15) is 0 Å². The number of fused-ring (bicyclic) bond motifs is 1. The molecule has 1 aliphatic rings. The first-order valence-corrected chi connectivity index (χ1v) is 8.15. The molecule has 112 valence electrons. The molecule has 0 spiro atoms. The Labute approximate surface area is 124 Å². The van der Waals surface area contributed by atoms with E-state index in [1.165, 1.54) is 29.7 Å². The van der Waals surface area contributed by atoms with Crippen molar-refractivity contribution in [1.82, 2.24) is 5.32 Å². The summed E-state index contributed by atoms with van der Waals surface area (Å²) in [6.07, 6.45) is 2.47. The van der Waals surface area contributed by atoms with Crippen LogP contribution in [-0.4, -0.2) is 13.1 Å². The third-order valence-corrected chi connectivity index (χ3v) is 4.60. The topological polar surface area (TPSA) is 24.1 Å². The maximum Gasteiger partial charge on any atom is 0.0375 e. The molecule has 0 fully saturated rings. The zero-order valence-corrected chi connectivity index (χ0v) is 13.5. The van der Waals surface area contributed by atoms with Crippen molar-refractivity contribution < 1.29 is 0 Å². The van der Waals surface area contributed by atoms with Gasteiger partial charge in [0.05, 0.1) is 0 Å². The summed E-state index contributed by atoms with van der Waals surface area (Å²) in [4.78, 5) is 0. The Morgan fingerprint density at radius 2 is 1.90 bits per heavy atom. The number of anilines is 1. The van der Waals surface area contributed by atoms with Gasteiger partial charge in [0, 0.05) is 18.8 Å². The van der Waals surface area contributed by atoms with Crippen LogP contribution in [0.15, 0.2) is 18.2 Å². The Kier molecular flexibility index (Phi) is 5.47. The van der Waals surface area contributed by atoms with E-state index in [1.54, 1.807) is 0 Å². The average Bonchev–Trinajstić information content (AvgIpc) is 2.42. The number of benzene rings is 1. The molecule has 0 aromatic heterocycles.